The largest absolute Gasteiger partial charge is 0.378 e. The molecule has 3 aliphatic heterocycles. The highest BCUT2D eigenvalue weighted by molar-refractivity contribution is 7.88. The van der Waals surface area contributed by atoms with Crippen molar-refractivity contribution in [3.8, 4) is 22.8 Å². The number of morpholine rings is 2. The van der Waals surface area contributed by atoms with Gasteiger partial charge in [-0.05, 0) is 37.1 Å². The van der Waals surface area contributed by atoms with E-state index in [2.05, 4.69) is 75.2 Å². The third-order valence-corrected chi connectivity index (χ3v) is 12.4. The van der Waals surface area contributed by atoms with E-state index in [4.69, 9.17) is 19.4 Å². The van der Waals surface area contributed by atoms with E-state index < -0.39 is 10.0 Å². The van der Waals surface area contributed by atoms with Gasteiger partial charge in [0.15, 0.2) is 0 Å². The van der Waals surface area contributed by atoms with Crippen molar-refractivity contribution in [3.05, 3.63) is 61.2 Å². The molecule has 0 unspecified atom stereocenters. The van der Waals surface area contributed by atoms with Gasteiger partial charge in [0.25, 0.3) is 0 Å². The Morgan fingerprint density at radius 2 is 1.19 bits per heavy atom. The second-order valence-electron chi connectivity index (χ2n) is 14.7. The number of nitrogens with one attached hydrogen (secondary N) is 2. The molecule has 17 nitrogen and oxygen atoms in total. The van der Waals surface area contributed by atoms with Crippen molar-refractivity contribution < 1.29 is 17.9 Å². The summed E-state index contributed by atoms with van der Waals surface area (Å²) in [6.45, 7) is 8.29. The Bertz CT molecular complexity index is 2420. The predicted molar refractivity (Wildman–Crippen MR) is 220 cm³/mol. The van der Waals surface area contributed by atoms with Crippen molar-refractivity contribution in [1.29, 1.82) is 0 Å². The van der Waals surface area contributed by atoms with Crippen LogP contribution < -0.4 is 19.6 Å². The highest BCUT2D eigenvalue weighted by Crippen LogP contribution is 2.39. The summed E-state index contributed by atoms with van der Waals surface area (Å²) in [5, 5.41) is 16.3. The number of rotatable bonds is 8. The zero-order valence-corrected chi connectivity index (χ0v) is 33.0. The molecule has 1 aliphatic carbocycles. The van der Waals surface area contributed by atoms with Crippen LogP contribution in [0.1, 0.15) is 12.8 Å². The molecule has 2 N–H and O–H groups in total. The van der Waals surface area contributed by atoms with Gasteiger partial charge in [-0.1, -0.05) is 0 Å². The number of anilines is 4. The molecular formula is C39H47N13O4S. The van der Waals surface area contributed by atoms with Crippen molar-refractivity contribution in [2.24, 2.45) is 0 Å². The molecule has 0 spiro atoms. The molecular weight excluding hydrogens is 747 g/mol. The Morgan fingerprint density at radius 1 is 0.667 bits per heavy atom. The number of pyridine rings is 4. The van der Waals surface area contributed by atoms with Crippen LogP contribution in [0.4, 0.5) is 23.0 Å². The number of piperazine rings is 1. The fraction of sp³-hybridized carbons (Fsp3) is 0.436. The van der Waals surface area contributed by atoms with E-state index in [9.17, 15) is 8.42 Å². The first-order valence-corrected chi connectivity index (χ1v) is 21.3. The number of ether oxygens (including phenoxy) is 2. The lowest BCUT2D eigenvalue weighted by atomic mass is 10.1. The summed E-state index contributed by atoms with van der Waals surface area (Å²) in [4.78, 5) is 28.4. The molecule has 0 atom stereocenters. The van der Waals surface area contributed by atoms with Crippen LogP contribution >= 0.6 is 0 Å². The number of aromatic nitrogens is 8. The molecule has 4 fully saturated rings. The lowest BCUT2D eigenvalue weighted by Crippen LogP contribution is -2.48. The van der Waals surface area contributed by atoms with Crippen LogP contribution in [0.3, 0.4) is 0 Å². The lowest BCUT2D eigenvalue weighted by molar-refractivity contribution is 0.122. The fourth-order valence-corrected chi connectivity index (χ4v) is 8.62. The van der Waals surface area contributed by atoms with Gasteiger partial charge in [-0.2, -0.15) is 14.5 Å². The Balaban J connectivity index is 0.000000150. The Morgan fingerprint density at radius 3 is 1.70 bits per heavy atom. The van der Waals surface area contributed by atoms with E-state index in [1.165, 1.54) is 29.1 Å². The van der Waals surface area contributed by atoms with Crippen LogP contribution in [0.5, 0.6) is 0 Å². The Kier molecular flexibility index (Phi) is 10.3. The molecule has 0 radical (unpaired) electrons. The highest BCUT2D eigenvalue weighted by Gasteiger charge is 2.30. The Hall–Kier alpha value is -5.43. The second-order valence-corrected chi connectivity index (χ2v) is 16.7. The summed E-state index contributed by atoms with van der Waals surface area (Å²) in [6, 6.07) is 12.8. The molecule has 6 aromatic heterocycles. The maximum Gasteiger partial charge on any atom is 0.211 e. The van der Waals surface area contributed by atoms with Crippen LogP contribution in [-0.4, -0.2) is 151 Å². The van der Waals surface area contributed by atoms with Gasteiger partial charge in [0, 0.05) is 119 Å². The molecule has 57 heavy (non-hydrogen) atoms. The molecule has 1 saturated carbocycles. The summed E-state index contributed by atoms with van der Waals surface area (Å²) >= 11 is 0. The molecule has 10 rings (SSSR count). The van der Waals surface area contributed by atoms with Gasteiger partial charge in [0.1, 0.15) is 34.1 Å². The van der Waals surface area contributed by atoms with E-state index >= 15 is 0 Å². The molecule has 0 amide bonds. The van der Waals surface area contributed by atoms with Gasteiger partial charge in [-0.3, -0.25) is 20.2 Å². The minimum atomic E-state index is -3.18. The number of sulfonamides is 1. The molecule has 3 saturated heterocycles. The summed E-state index contributed by atoms with van der Waals surface area (Å²) in [7, 11) is -0.998. The fourth-order valence-electron chi connectivity index (χ4n) is 7.79. The number of hydrogen-bond acceptors (Lipinski definition) is 14. The zero-order chi connectivity index (χ0) is 38.9. The maximum atomic E-state index is 11.9. The topological polar surface area (TPSA) is 178 Å². The van der Waals surface area contributed by atoms with Crippen molar-refractivity contribution in [2.75, 3.05) is 112 Å². The minimum Gasteiger partial charge on any atom is -0.378 e. The molecule has 4 aliphatic rings. The maximum absolute atomic E-state index is 11.9. The van der Waals surface area contributed by atoms with Crippen molar-refractivity contribution in [2.45, 2.75) is 18.9 Å². The quantitative estimate of drug-likeness (QED) is 0.229. The number of aromatic amines is 2. The van der Waals surface area contributed by atoms with E-state index in [0.29, 0.717) is 45.4 Å². The molecule has 0 bridgehead atoms. The number of nitrogens with zero attached hydrogens (tertiary/aromatic N) is 11. The first-order chi connectivity index (χ1) is 27.8. The van der Waals surface area contributed by atoms with Crippen LogP contribution in [0.15, 0.2) is 61.2 Å². The summed E-state index contributed by atoms with van der Waals surface area (Å²) < 4.78 is 36.4. The van der Waals surface area contributed by atoms with Gasteiger partial charge in [-0.15, -0.1) is 0 Å². The SMILES string of the molecule is CN(c1cc(N2CCOCC2)nc2c(-c3ccn[nH]3)nccc12)C1CC1.CS(=O)(=O)N1CCN(c2cc(N3CCOCC3)nc3c(-c4ccn[nH]4)nccc23)CC1. The van der Waals surface area contributed by atoms with E-state index in [-0.39, 0.29) is 0 Å². The van der Waals surface area contributed by atoms with Crippen LogP contribution in [0.25, 0.3) is 44.6 Å². The van der Waals surface area contributed by atoms with E-state index in [1.54, 1.807) is 18.6 Å². The second kappa shape index (κ2) is 15.8. The Labute approximate surface area is 331 Å². The van der Waals surface area contributed by atoms with Gasteiger partial charge in [0.2, 0.25) is 10.0 Å². The standard InChI is InChI=1S/C20H25N7O3S.C19H22N6O/c1-31(28,29)27-8-6-25(7-9-27)17-14-18(26-10-12-30-13-11-26)23-19-15(17)2-4-21-20(19)16-3-5-22-24-16;1-24(13-2-3-13)16-12-17(25-8-10-26-11-9-25)22-18-14(16)4-6-20-19(18)15-5-7-21-23-15/h2-5,14H,6-13H2,1H3,(H,22,24);4-7,12-13H,2-3,8-11H2,1H3,(H,21,23). The predicted octanol–water partition coefficient (Wildman–Crippen LogP) is 3.39. The third kappa shape index (κ3) is 7.81. The number of H-pyrrole nitrogens is 2. The van der Waals surface area contributed by atoms with E-state index in [0.717, 1.165) is 101 Å². The molecule has 9 heterocycles. The van der Waals surface area contributed by atoms with Crippen LogP contribution in [0, 0.1) is 0 Å². The number of hydrogen-bond donors (Lipinski definition) is 2. The van der Waals surface area contributed by atoms with Crippen LogP contribution in [-0.2, 0) is 19.5 Å². The number of fused-ring (bicyclic) bond motifs is 2. The summed E-state index contributed by atoms with van der Waals surface area (Å²) in [5.41, 5.74) is 7.29. The van der Waals surface area contributed by atoms with Gasteiger partial charge in [0.05, 0.1) is 49.8 Å². The van der Waals surface area contributed by atoms with Gasteiger partial charge in [-0.25, -0.2) is 18.4 Å². The van der Waals surface area contributed by atoms with Gasteiger partial charge >= 0.3 is 0 Å². The molecule has 6 aromatic rings. The van der Waals surface area contributed by atoms with Gasteiger partial charge < -0.3 is 29.1 Å². The summed E-state index contributed by atoms with van der Waals surface area (Å²) in [5.74, 6) is 1.88. The van der Waals surface area contributed by atoms with Crippen molar-refractivity contribution in [1.82, 2.24) is 44.6 Å². The third-order valence-electron chi connectivity index (χ3n) is 11.1. The lowest BCUT2D eigenvalue weighted by Gasteiger charge is -2.36. The molecule has 18 heteroatoms. The zero-order valence-electron chi connectivity index (χ0n) is 32.2. The monoisotopic (exact) mass is 793 g/mol. The minimum absolute atomic E-state index is 0.466. The molecule has 298 valence electrons. The average molecular weight is 794 g/mol. The smallest absolute Gasteiger partial charge is 0.211 e. The molecule has 0 aromatic carbocycles. The van der Waals surface area contributed by atoms with E-state index in [1.807, 2.05) is 24.4 Å². The van der Waals surface area contributed by atoms with Crippen molar-refractivity contribution >= 4 is 54.8 Å². The van der Waals surface area contributed by atoms with Crippen LogP contribution in [0.2, 0.25) is 0 Å². The first-order valence-electron chi connectivity index (χ1n) is 19.5. The summed E-state index contributed by atoms with van der Waals surface area (Å²) in [6.07, 6.45) is 10.9. The highest BCUT2D eigenvalue weighted by atomic mass is 32.2. The normalized spacial score (nSPS) is 18.2. The average Bonchev–Trinajstić information content (AvgIpc) is 3.67. The first kappa shape index (κ1) is 37.2. The van der Waals surface area contributed by atoms with Crippen molar-refractivity contribution in [3.63, 3.8) is 0 Å².